The van der Waals surface area contributed by atoms with Crippen LogP contribution in [-0.2, 0) is 0 Å². The molecule has 1 aliphatic carbocycles. The first kappa shape index (κ1) is 9.70. The molecule has 19 heavy (non-hydrogen) atoms. The van der Waals surface area contributed by atoms with E-state index in [1.807, 2.05) is 6.20 Å². The van der Waals surface area contributed by atoms with Crippen molar-refractivity contribution in [3.63, 3.8) is 0 Å². The molecule has 2 heterocycles. The molecule has 0 bridgehead atoms. The van der Waals surface area contributed by atoms with E-state index in [4.69, 9.17) is 0 Å². The minimum atomic E-state index is 1.09. The topological polar surface area (TPSA) is 12.9 Å². The Hall–Kier alpha value is -2.19. The number of benzene rings is 2. The summed E-state index contributed by atoms with van der Waals surface area (Å²) in [6.07, 6.45) is 1.91. The summed E-state index contributed by atoms with van der Waals surface area (Å²) in [7, 11) is 0. The average molecular weight is 259 g/mol. The fourth-order valence-electron chi connectivity index (χ4n) is 3.11. The van der Waals surface area contributed by atoms with E-state index in [-0.39, 0.29) is 0 Å². The summed E-state index contributed by atoms with van der Waals surface area (Å²) >= 11 is 1.81. The molecule has 2 aromatic heterocycles. The van der Waals surface area contributed by atoms with E-state index in [0.717, 1.165) is 5.52 Å². The van der Waals surface area contributed by atoms with Gasteiger partial charge in [0.05, 0.1) is 5.52 Å². The van der Waals surface area contributed by atoms with Crippen LogP contribution >= 0.6 is 11.3 Å². The maximum absolute atomic E-state index is 4.49. The van der Waals surface area contributed by atoms with E-state index in [2.05, 4.69) is 52.8 Å². The number of rotatable bonds is 0. The van der Waals surface area contributed by atoms with E-state index in [1.54, 1.807) is 11.3 Å². The zero-order valence-electron chi connectivity index (χ0n) is 10.1. The number of fused-ring (bicyclic) bond motifs is 4. The normalized spacial score (nSPS) is 12.2. The largest absolute Gasteiger partial charge is 0.256 e. The minimum absolute atomic E-state index is 1.09. The van der Waals surface area contributed by atoms with Crippen molar-refractivity contribution in [3.8, 4) is 22.3 Å². The Kier molecular flexibility index (Phi) is 1.64. The van der Waals surface area contributed by atoms with Crippen molar-refractivity contribution in [2.24, 2.45) is 0 Å². The Morgan fingerprint density at radius 1 is 0.842 bits per heavy atom. The number of thiophene rings is 1. The first-order valence-electron chi connectivity index (χ1n) is 6.31. The van der Waals surface area contributed by atoms with E-state index in [9.17, 15) is 0 Å². The molecule has 88 valence electrons. The fourth-order valence-corrected chi connectivity index (χ4v) is 3.92. The van der Waals surface area contributed by atoms with Crippen molar-refractivity contribution in [2.45, 2.75) is 0 Å². The molecule has 0 fully saturated rings. The van der Waals surface area contributed by atoms with E-state index in [0.29, 0.717) is 0 Å². The number of hydrogen-bond donors (Lipinski definition) is 0. The van der Waals surface area contributed by atoms with Crippen LogP contribution in [0.15, 0.2) is 54.0 Å². The second kappa shape index (κ2) is 3.22. The highest BCUT2D eigenvalue weighted by Crippen LogP contribution is 2.48. The first-order valence-corrected chi connectivity index (χ1v) is 7.19. The van der Waals surface area contributed by atoms with E-state index >= 15 is 0 Å². The second-order valence-corrected chi connectivity index (χ2v) is 5.86. The Balaban J connectivity index is 2.05. The molecule has 1 aliphatic rings. The van der Waals surface area contributed by atoms with Gasteiger partial charge < -0.3 is 0 Å². The SMILES string of the molecule is c1cc2c3c(ccnc3c1)-c1cc3sccc3cc1-2. The van der Waals surface area contributed by atoms with Gasteiger partial charge in [-0.25, -0.2) is 0 Å². The maximum atomic E-state index is 4.49. The van der Waals surface area contributed by atoms with Gasteiger partial charge in [-0.15, -0.1) is 11.3 Å². The van der Waals surface area contributed by atoms with Crippen molar-refractivity contribution in [1.29, 1.82) is 0 Å². The standard InChI is InChI=1S/C17H9NS/c1-2-11-13-8-10-5-7-19-16(10)9-14(13)12-4-6-18-15(3-1)17(11)12/h1-9H. The quantitative estimate of drug-likeness (QED) is 0.377. The van der Waals surface area contributed by atoms with Crippen molar-refractivity contribution in [2.75, 3.05) is 0 Å². The van der Waals surface area contributed by atoms with Crippen LogP contribution < -0.4 is 0 Å². The van der Waals surface area contributed by atoms with Gasteiger partial charge in [-0.3, -0.25) is 4.98 Å². The lowest BCUT2D eigenvalue weighted by atomic mass is 10.0. The Bertz CT molecular complexity index is 893. The summed E-state index contributed by atoms with van der Waals surface area (Å²) in [5.74, 6) is 0. The van der Waals surface area contributed by atoms with Crippen molar-refractivity contribution >= 4 is 32.3 Å². The molecule has 2 heteroatoms. The van der Waals surface area contributed by atoms with Gasteiger partial charge in [0.25, 0.3) is 0 Å². The molecule has 0 saturated heterocycles. The molecule has 0 N–H and O–H groups in total. The molecule has 2 aromatic carbocycles. The molecular weight excluding hydrogens is 250 g/mol. The van der Waals surface area contributed by atoms with Crippen LogP contribution in [0.3, 0.4) is 0 Å². The minimum Gasteiger partial charge on any atom is -0.256 e. The smallest absolute Gasteiger partial charge is 0.0714 e. The average Bonchev–Trinajstić information content (AvgIpc) is 3.02. The van der Waals surface area contributed by atoms with Gasteiger partial charge in [0.1, 0.15) is 0 Å². The van der Waals surface area contributed by atoms with Crippen LogP contribution in [0, 0.1) is 0 Å². The molecule has 0 saturated carbocycles. The molecule has 0 unspecified atom stereocenters. The van der Waals surface area contributed by atoms with Gasteiger partial charge in [0.2, 0.25) is 0 Å². The first-order chi connectivity index (χ1) is 9.42. The van der Waals surface area contributed by atoms with Gasteiger partial charge in [-0.1, -0.05) is 12.1 Å². The molecular formula is C17H9NS. The Morgan fingerprint density at radius 3 is 2.74 bits per heavy atom. The van der Waals surface area contributed by atoms with Gasteiger partial charge in [0.15, 0.2) is 0 Å². The third-order valence-corrected chi connectivity index (χ3v) is 4.82. The molecule has 0 aliphatic heterocycles. The summed E-state index contributed by atoms with van der Waals surface area (Å²) in [5.41, 5.74) is 6.44. The van der Waals surface area contributed by atoms with Crippen LogP contribution in [0.4, 0.5) is 0 Å². The summed E-state index contributed by atoms with van der Waals surface area (Å²) in [6.45, 7) is 0. The zero-order chi connectivity index (χ0) is 12.4. The molecule has 5 rings (SSSR count). The predicted molar refractivity (Wildman–Crippen MR) is 81.6 cm³/mol. The van der Waals surface area contributed by atoms with Crippen molar-refractivity contribution < 1.29 is 0 Å². The van der Waals surface area contributed by atoms with Crippen LogP contribution in [-0.4, -0.2) is 4.98 Å². The van der Waals surface area contributed by atoms with Crippen LogP contribution in [0.1, 0.15) is 0 Å². The highest BCUT2D eigenvalue weighted by atomic mass is 32.1. The molecule has 0 radical (unpaired) electrons. The third kappa shape index (κ3) is 1.12. The van der Waals surface area contributed by atoms with Crippen LogP contribution in [0.25, 0.3) is 43.2 Å². The van der Waals surface area contributed by atoms with Crippen LogP contribution in [0.5, 0.6) is 0 Å². The highest BCUT2D eigenvalue weighted by Gasteiger charge is 2.21. The lowest BCUT2D eigenvalue weighted by Crippen LogP contribution is -1.78. The highest BCUT2D eigenvalue weighted by molar-refractivity contribution is 7.17. The van der Waals surface area contributed by atoms with E-state index < -0.39 is 0 Å². The van der Waals surface area contributed by atoms with Crippen molar-refractivity contribution in [3.05, 3.63) is 54.0 Å². The number of aromatic nitrogens is 1. The van der Waals surface area contributed by atoms with Gasteiger partial charge in [-0.2, -0.15) is 0 Å². The Morgan fingerprint density at radius 2 is 1.74 bits per heavy atom. The molecule has 0 atom stereocenters. The van der Waals surface area contributed by atoms with Gasteiger partial charge in [0, 0.05) is 16.3 Å². The Labute approximate surface area is 114 Å². The number of nitrogens with zero attached hydrogens (tertiary/aromatic N) is 1. The number of pyridine rings is 1. The third-order valence-electron chi connectivity index (χ3n) is 3.94. The lowest BCUT2D eigenvalue weighted by molar-refractivity contribution is 1.42. The summed E-state index contributed by atoms with van der Waals surface area (Å²) in [4.78, 5) is 4.49. The predicted octanol–water partition coefficient (Wildman–Crippen LogP) is 5.10. The second-order valence-electron chi connectivity index (χ2n) is 4.91. The zero-order valence-corrected chi connectivity index (χ0v) is 10.9. The number of hydrogen-bond acceptors (Lipinski definition) is 2. The van der Waals surface area contributed by atoms with Crippen LogP contribution in [0.2, 0.25) is 0 Å². The molecule has 0 spiro atoms. The van der Waals surface area contributed by atoms with Gasteiger partial charge in [-0.05, 0) is 63.4 Å². The summed E-state index contributed by atoms with van der Waals surface area (Å²) < 4.78 is 1.36. The molecule has 1 nitrogen and oxygen atoms in total. The molecule has 0 amide bonds. The van der Waals surface area contributed by atoms with E-state index in [1.165, 1.54) is 37.7 Å². The summed E-state index contributed by atoms with van der Waals surface area (Å²) in [6, 6.07) is 15.4. The molecule has 4 aromatic rings. The summed E-state index contributed by atoms with van der Waals surface area (Å²) in [5, 5.41) is 4.80. The lowest BCUT2D eigenvalue weighted by Gasteiger charge is -2.01. The fraction of sp³-hybridized carbons (Fsp3) is 0. The van der Waals surface area contributed by atoms with Gasteiger partial charge >= 0.3 is 0 Å². The monoisotopic (exact) mass is 259 g/mol. The maximum Gasteiger partial charge on any atom is 0.0714 e. The van der Waals surface area contributed by atoms with Crippen molar-refractivity contribution in [1.82, 2.24) is 4.98 Å².